The number of hydrogen-bond donors (Lipinski definition) is 0. The zero-order valence-electron chi connectivity index (χ0n) is 8.83. The number of hydrogen-bond acceptors (Lipinski definition) is 2. The van der Waals surface area contributed by atoms with Crippen molar-refractivity contribution in [2.45, 2.75) is 35.3 Å². The third-order valence-corrected chi connectivity index (χ3v) is 2.67. The predicted molar refractivity (Wildman–Crippen MR) is 55.0 cm³/mol. The van der Waals surface area contributed by atoms with Crippen molar-refractivity contribution in [2.24, 2.45) is 0 Å². The Bertz CT molecular complexity index is 285. The molecular weight excluding hydrogens is 388 g/mol. The minimum Gasteiger partial charge on any atom is -0.465 e. The van der Waals surface area contributed by atoms with Gasteiger partial charge >= 0.3 is 18.3 Å². The Balaban J connectivity index is 4.89. The highest BCUT2D eigenvalue weighted by Crippen LogP contribution is 2.49. The molecule has 0 heterocycles. The largest absolute Gasteiger partial charge is 0.465 e. The van der Waals surface area contributed by atoms with Crippen molar-refractivity contribution in [3.8, 4) is 0 Å². The van der Waals surface area contributed by atoms with E-state index in [0.29, 0.717) is 0 Å². The van der Waals surface area contributed by atoms with Crippen molar-refractivity contribution in [1.29, 1.82) is 0 Å². The summed E-state index contributed by atoms with van der Waals surface area (Å²) in [6, 6.07) is 0. The van der Waals surface area contributed by atoms with Crippen LogP contribution in [0, 0.1) is 0 Å². The number of alkyl halides is 8. The van der Waals surface area contributed by atoms with E-state index < -0.39 is 40.9 Å². The Hall–Kier alpha value is -0.290. The SMILES string of the molecule is CC(=O)OCC(I)CC(F)(C(F)(F)F)C(F)(F)F. The quantitative estimate of drug-likeness (QED) is 0.315. The molecule has 0 aliphatic heterocycles. The Labute approximate surface area is 111 Å². The number of carbonyl (C=O) groups excluding carboxylic acids is 1. The van der Waals surface area contributed by atoms with Crippen LogP contribution in [0.2, 0.25) is 0 Å². The molecule has 10 heteroatoms. The smallest absolute Gasteiger partial charge is 0.431 e. The van der Waals surface area contributed by atoms with E-state index in [9.17, 15) is 35.5 Å². The summed E-state index contributed by atoms with van der Waals surface area (Å²) in [7, 11) is 0. The van der Waals surface area contributed by atoms with E-state index in [0.717, 1.165) is 29.5 Å². The molecule has 0 bridgehead atoms. The van der Waals surface area contributed by atoms with Crippen LogP contribution in [0.5, 0.6) is 0 Å². The van der Waals surface area contributed by atoms with Gasteiger partial charge in [0.1, 0.15) is 6.61 Å². The van der Waals surface area contributed by atoms with E-state index in [1.807, 2.05) is 0 Å². The summed E-state index contributed by atoms with van der Waals surface area (Å²) < 4.78 is 88.9. The molecule has 0 aliphatic rings. The minimum absolute atomic E-state index is 0.728. The van der Waals surface area contributed by atoms with Crippen molar-refractivity contribution in [3.05, 3.63) is 0 Å². The molecule has 0 rings (SSSR count). The monoisotopic (exact) mass is 396 g/mol. The highest BCUT2D eigenvalue weighted by Gasteiger charge is 2.72. The first kappa shape index (κ1) is 17.7. The van der Waals surface area contributed by atoms with Gasteiger partial charge in [0, 0.05) is 17.3 Å². The lowest BCUT2D eigenvalue weighted by Gasteiger charge is -2.31. The summed E-state index contributed by atoms with van der Waals surface area (Å²) in [6.45, 7) is 0.202. The summed E-state index contributed by atoms with van der Waals surface area (Å²) in [5.41, 5.74) is -5.31. The maximum atomic E-state index is 13.2. The van der Waals surface area contributed by atoms with Gasteiger partial charge in [-0.3, -0.25) is 4.79 Å². The molecule has 108 valence electrons. The molecule has 0 aliphatic carbocycles. The normalized spacial score (nSPS) is 15.4. The second kappa shape index (κ2) is 5.78. The Morgan fingerprint density at radius 2 is 1.50 bits per heavy atom. The summed E-state index contributed by atoms with van der Waals surface area (Å²) in [5.74, 6) is -0.875. The van der Waals surface area contributed by atoms with Crippen LogP contribution in [0.4, 0.5) is 30.7 Å². The topological polar surface area (TPSA) is 26.3 Å². The number of rotatable bonds is 4. The molecule has 0 aromatic heterocycles. The van der Waals surface area contributed by atoms with Crippen molar-refractivity contribution < 1.29 is 40.3 Å². The molecule has 0 saturated carbocycles. The van der Waals surface area contributed by atoms with Gasteiger partial charge in [0.2, 0.25) is 0 Å². The molecule has 0 saturated heterocycles. The fourth-order valence-corrected chi connectivity index (χ4v) is 1.75. The maximum absolute atomic E-state index is 13.2. The third-order valence-electron chi connectivity index (χ3n) is 1.87. The van der Waals surface area contributed by atoms with Gasteiger partial charge in [0.25, 0.3) is 5.67 Å². The fourth-order valence-electron chi connectivity index (χ4n) is 0.964. The molecule has 1 atom stereocenters. The van der Waals surface area contributed by atoms with Gasteiger partial charge in [-0.25, -0.2) is 4.39 Å². The lowest BCUT2D eigenvalue weighted by atomic mass is 9.98. The molecule has 0 aromatic rings. The molecular formula is C8H8F7IO2. The first-order chi connectivity index (χ1) is 7.81. The third kappa shape index (κ3) is 4.43. The summed E-state index contributed by atoms with van der Waals surface area (Å²) in [4.78, 5) is 10.3. The fraction of sp³-hybridized carbons (Fsp3) is 0.875. The number of halogens is 8. The van der Waals surface area contributed by atoms with Crippen LogP contribution in [0.25, 0.3) is 0 Å². The van der Waals surface area contributed by atoms with Crippen LogP contribution in [-0.4, -0.2) is 34.5 Å². The standard InChI is InChI=1S/C8H8F7IO2/c1-4(17)18-3-5(16)2-6(9,7(10,11)12)8(13,14)15/h5H,2-3H2,1H3. The summed E-state index contributed by atoms with van der Waals surface area (Å²) in [5, 5.41) is 0. The van der Waals surface area contributed by atoms with Crippen LogP contribution in [-0.2, 0) is 9.53 Å². The molecule has 1 unspecified atom stereocenters. The number of carbonyl (C=O) groups is 1. The molecule has 0 radical (unpaired) electrons. The van der Waals surface area contributed by atoms with Crippen molar-refractivity contribution in [1.82, 2.24) is 0 Å². The maximum Gasteiger partial charge on any atom is 0.431 e. The zero-order chi connectivity index (χ0) is 14.8. The Morgan fingerprint density at radius 1 is 1.11 bits per heavy atom. The average Bonchev–Trinajstić information content (AvgIpc) is 2.10. The van der Waals surface area contributed by atoms with Crippen LogP contribution in [0.3, 0.4) is 0 Å². The Morgan fingerprint density at radius 3 is 1.78 bits per heavy atom. The first-order valence-corrected chi connectivity index (χ1v) is 5.65. The number of ether oxygens (including phenoxy) is 1. The lowest BCUT2D eigenvalue weighted by molar-refractivity contribution is -0.343. The summed E-state index contributed by atoms with van der Waals surface area (Å²) in [6.07, 6.45) is -14.0. The molecule has 0 spiro atoms. The van der Waals surface area contributed by atoms with Gasteiger partial charge in [-0.1, -0.05) is 22.6 Å². The first-order valence-electron chi connectivity index (χ1n) is 4.41. The minimum atomic E-state index is -6.08. The Kier molecular flexibility index (Phi) is 5.69. The molecule has 0 amide bonds. The van der Waals surface area contributed by atoms with Gasteiger partial charge in [-0.2, -0.15) is 26.3 Å². The summed E-state index contributed by atoms with van der Waals surface area (Å²) >= 11 is 1.16. The van der Waals surface area contributed by atoms with Crippen molar-refractivity contribution in [3.63, 3.8) is 0 Å². The van der Waals surface area contributed by atoms with Gasteiger partial charge in [-0.15, -0.1) is 0 Å². The molecule has 2 nitrogen and oxygen atoms in total. The second-order valence-electron chi connectivity index (χ2n) is 3.40. The van der Waals surface area contributed by atoms with Gasteiger partial charge < -0.3 is 4.74 Å². The van der Waals surface area contributed by atoms with E-state index in [2.05, 4.69) is 4.74 Å². The van der Waals surface area contributed by atoms with Crippen LogP contribution in [0.1, 0.15) is 13.3 Å². The van der Waals surface area contributed by atoms with Crippen LogP contribution < -0.4 is 0 Å². The zero-order valence-corrected chi connectivity index (χ0v) is 11.0. The van der Waals surface area contributed by atoms with Crippen LogP contribution >= 0.6 is 22.6 Å². The average molecular weight is 396 g/mol. The van der Waals surface area contributed by atoms with E-state index >= 15 is 0 Å². The van der Waals surface area contributed by atoms with Crippen molar-refractivity contribution in [2.75, 3.05) is 6.61 Å². The molecule has 0 N–H and O–H groups in total. The highest BCUT2D eigenvalue weighted by atomic mass is 127. The van der Waals surface area contributed by atoms with E-state index in [1.54, 1.807) is 0 Å². The molecule has 0 aromatic carbocycles. The van der Waals surface area contributed by atoms with Crippen LogP contribution in [0.15, 0.2) is 0 Å². The van der Waals surface area contributed by atoms with E-state index in [1.165, 1.54) is 0 Å². The van der Waals surface area contributed by atoms with Gasteiger partial charge in [0.05, 0.1) is 0 Å². The van der Waals surface area contributed by atoms with Gasteiger partial charge in [0.15, 0.2) is 0 Å². The lowest BCUT2D eigenvalue weighted by Crippen LogP contribution is -2.54. The predicted octanol–water partition coefficient (Wildman–Crippen LogP) is 3.58. The van der Waals surface area contributed by atoms with Crippen molar-refractivity contribution >= 4 is 28.6 Å². The molecule has 18 heavy (non-hydrogen) atoms. The van der Waals surface area contributed by atoms with E-state index in [4.69, 9.17) is 0 Å². The van der Waals surface area contributed by atoms with E-state index in [-0.39, 0.29) is 0 Å². The second-order valence-corrected chi connectivity index (χ2v) is 5.16. The molecule has 0 fully saturated rings. The number of esters is 1. The van der Waals surface area contributed by atoms with Gasteiger partial charge in [-0.05, 0) is 0 Å². The highest BCUT2D eigenvalue weighted by molar-refractivity contribution is 14.1.